The second kappa shape index (κ2) is 13.8. The molecule has 0 aliphatic rings. The van der Waals surface area contributed by atoms with Crippen LogP contribution in [0.1, 0.15) is 13.8 Å². The van der Waals surface area contributed by atoms with Gasteiger partial charge in [0.1, 0.15) is 18.3 Å². The van der Waals surface area contributed by atoms with Crippen LogP contribution >= 0.6 is 0 Å². The maximum atomic E-state index is 9.41. The van der Waals surface area contributed by atoms with E-state index in [1.807, 2.05) is 42.5 Å². The van der Waals surface area contributed by atoms with Gasteiger partial charge in [0.25, 0.3) is 0 Å². The highest BCUT2D eigenvalue weighted by molar-refractivity contribution is 5.71. The molecule has 0 fully saturated rings. The first-order chi connectivity index (χ1) is 13.3. The largest absolute Gasteiger partial charge is 0.497 e. The van der Waals surface area contributed by atoms with Crippen LogP contribution in [0.3, 0.4) is 0 Å². The zero-order chi connectivity index (χ0) is 21.5. The summed E-state index contributed by atoms with van der Waals surface area (Å²) < 4.78 is 15.7. The maximum Gasteiger partial charge on any atom is 0.161 e. The predicted molar refractivity (Wildman–Crippen MR) is 113 cm³/mol. The molecule has 0 saturated heterocycles. The number of hydrogen-bond donors (Lipinski definition) is 0. The first kappa shape index (κ1) is 24.7. The zero-order valence-corrected chi connectivity index (χ0v) is 17.2. The van der Waals surface area contributed by atoms with E-state index in [0.29, 0.717) is 11.1 Å². The number of carbonyl (C=O) groups is 2. The molecule has 0 atom stereocenters. The van der Waals surface area contributed by atoms with Crippen molar-refractivity contribution in [2.75, 3.05) is 21.3 Å². The van der Waals surface area contributed by atoms with Crippen LogP contribution in [-0.2, 0) is 9.59 Å². The van der Waals surface area contributed by atoms with Gasteiger partial charge in [-0.1, -0.05) is 31.4 Å². The van der Waals surface area contributed by atoms with Gasteiger partial charge in [-0.3, -0.25) is 9.59 Å². The molecule has 0 aromatic heterocycles. The summed E-state index contributed by atoms with van der Waals surface area (Å²) >= 11 is 0. The molecule has 0 aliphatic carbocycles. The fourth-order valence-electron chi connectivity index (χ4n) is 1.80. The van der Waals surface area contributed by atoms with Gasteiger partial charge in [0.2, 0.25) is 0 Å². The van der Waals surface area contributed by atoms with E-state index >= 15 is 0 Å². The van der Waals surface area contributed by atoms with Gasteiger partial charge in [-0.15, -0.1) is 0 Å². The third kappa shape index (κ3) is 9.38. The molecule has 150 valence electrons. The van der Waals surface area contributed by atoms with Gasteiger partial charge in [0.05, 0.1) is 21.3 Å². The van der Waals surface area contributed by atoms with Crippen LogP contribution in [0, 0.1) is 0 Å². The van der Waals surface area contributed by atoms with Crippen molar-refractivity contribution in [3.8, 4) is 28.4 Å². The molecule has 2 aromatic rings. The summed E-state index contributed by atoms with van der Waals surface area (Å²) in [6, 6.07) is 13.8. The topological polar surface area (TPSA) is 61.8 Å². The number of hydrogen-bond acceptors (Lipinski definition) is 5. The first-order valence-corrected chi connectivity index (χ1v) is 8.40. The average Bonchev–Trinajstić information content (AvgIpc) is 2.74. The molecule has 0 bridgehead atoms. The van der Waals surface area contributed by atoms with E-state index < -0.39 is 0 Å². The van der Waals surface area contributed by atoms with Crippen molar-refractivity contribution in [2.24, 2.45) is 0 Å². The first-order valence-electron chi connectivity index (χ1n) is 8.40. The van der Waals surface area contributed by atoms with Crippen LogP contribution < -0.4 is 14.2 Å². The lowest BCUT2D eigenvalue weighted by Gasteiger charge is -2.10. The van der Waals surface area contributed by atoms with Crippen LogP contribution in [0.25, 0.3) is 11.1 Å². The average molecular weight is 384 g/mol. The Hall–Kier alpha value is -3.34. The van der Waals surface area contributed by atoms with Crippen LogP contribution in [-0.4, -0.2) is 33.9 Å². The summed E-state index contributed by atoms with van der Waals surface area (Å²) in [5, 5.41) is 0. The summed E-state index contributed by atoms with van der Waals surface area (Å²) in [6.07, 6.45) is 1.44. The van der Waals surface area contributed by atoms with Gasteiger partial charge in [0, 0.05) is 0 Å². The molecule has 0 heterocycles. The Labute approximate surface area is 167 Å². The van der Waals surface area contributed by atoms with Crippen molar-refractivity contribution in [2.45, 2.75) is 13.8 Å². The number of carbonyl (C=O) groups excluding carboxylic acids is 2. The molecule has 5 nitrogen and oxygen atoms in total. The molecule has 5 heteroatoms. The molecule has 0 amide bonds. The minimum atomic E-state index is 0.574. The van der Waals surface area contributed by atoms with Crippen molar-refractivity contribution < 1.29 is 23.8 Å². The van der Waals surface area contributed by atoms with E-state index in [0.717, 1.165) is 40.9 Å². The molecular weight excluding hydrogens is 356 g/mol. The lowest BCUT2D eigenvalue weighted by atomic mass is 10.1. The number of ether oxygens (including phenoxy) is 3. The highest BCUT2D eigenvalue weighted by Gasteiger charge is 2.06. The molecule has 0 N–H and O–H groups in total. The quantitative estimate of drug-likeness (QED) is 0.523. The van der Waals surface area contributed by atoms with E-state index in [4.69, 9.17) is 14.2 Å². The summed E-state index contributed by atoms with van der Waals surface area (Å²) in [7, 11) is 4.92. The second-order valence-electron chi connectivity index (χ2n) is 5.73. The van der Waals surface area contributed by atoms with Crippen molar-refractivity contribution in [1.29, 1.82) is 0 Å². The molecule has 0 spiro atoms. The van der Waals surface area contributed by atoms with E-state index in [1.165, 1.54) is 0 Å². The van der Waals surface area contributed by atoms with E-state index in [9.17, 15) is 9.59 Å². The van der Waals surface area contributed by atoms with Crippen LogP contribution in [0.4, 0.5) is 0 Å². The van der Waals surface area contributed by atoms with E-state index in [-0.39, 0.29) is 0 Å². The number of aldehydes is 2. The summed E-state index contributed by atoms with van der Waals surface area (Å²) in [6.45, 7) is 9.93. The Morgan fingerprint density at radius 3 is 1.50 bits per heavy atom. The van der Waals surface area contributed by atoms with Gasteiger partial charge in [0.15, 0.2) is 11.5 Å². The number of benzene rings is 2. The zero-order valence-electron chi connectivity index (χ0n) is 17.2. The summed E-state index contributed by atoms with van der Waals surface area (Å²) in [5.41, 5.74) is 3.34. The summed E-state index contributed by atoms with van der Waals surface area (Å²) in [4.78, 5) is 18.8. The number of allylic oxidation sites excluding steroid dienone is 2. The van der Waals surface area contributed by atoms with Crippen LogP contribution in [0.5, 0.6) is 17.2 Å². The highest BCUT2D eigenvalue weighted by Crippen LogP contribution is 2.32. The van der Waals surface area contributed by atoms with Gasteiger partial charge in [-0.25, -0.2) is 0 Å². The fraction of sp³-hybridized carbons (Fsp3) is 0.217. The Balaban J connectivity index is 0.000000607. The summed E-state index contributed by atoms with van der Waals surface area (Å²) in [5.74, 6) is 2.31. The molecule has 0 unspecified atom stereocenters. The fourth-order valence-corrected chi connectivity index (χ4v) is 1.80. The SMILES string of the molecule is C=C(C)C=O.C=C(C)C=O.COc1ccc(-c2ccc(OC)c(OC)c2)cc1. The minimum absolute atomic E-state index is 0.574. The molecule has 0 saturated carbocycles. The Morgan fingerprint density at radius 1 is 0.714 bits per heavy atom. The molecule has 0 aliphatic heterocycles. The smallest absolute Gasteiger partial charge is 0.161 e. The van der Waals surface area contributed by atoms with Gasteiger partial charge < -0.3 is 14.2 Å². The number of rotatable bonds is 6. The van der Waals surface area contributed by atoms with Crippen molar-refractivity contribution in [3.63, 3.8) is 0 Å². The van der Waals surface area contributed by atoms with Gasteiger partial charge in [-0.2, -0.15) is 0 Å². The minimum Gasteiger partial charge on any atom is -0.497 e. The standard InChI is InChI=1S/C15H16O3.2C4H6O/c1-16-13-7-4-11(5-8-13)12-6-9-14(17-2)15(10-12)18-3;2*1-4(2)3-5/h4-10H,1-3H3;2*3H,1H2,2H3. The maximum absolute atomic E-state index is 9.41. The van der Waals surface area contributed by atoms with Crippen molar-refractivity contribution in [1.82, 2.24) is 0 Å². The Bertz CT molecular complexity index is 758. The Morgan fingerprint density at radius 2 is 1.14 bits per heavy atom. The van der Waals surface area contributed by atoms with E-state index in [1.54, 1.807) is 35.2 Å². The van der Waals surface area contributed by atoms with Crippen LogP contribution in [0.2, 0.25) is 0 Å². The monoisotopic (exact) mass is 384 g/mol. The molecule has 0 radical (unpaired) electrons. The Kier molecular flexibility index (Phi) is 12.2. The van der Waals surface area contributed by atoms with Crippen molar-refractivity contribution >= 4 is 12.6 Å². The lowest BCUT2D eigenvalue weighted by Crippen LogP contribution is -1.90. The molecule has 2 aromatic carbocycles. The molecular formula is C23H28O5. The molecule has 28 heavy (non-hydrogen) atoms. The predicted octanol–water partition coefficient (Wildman–Crippen LogP) is 4.90. The highest BCUT2D eigenvalue weighted by atomic mass is 16.5. The second-order valence-corrected chi connectivity index (χ2v) is 5.73. The lowest BCUT2D eigenvalue weighted by molar-refractivity contribution is -0.105. The normalized spacial score (nSPS) is 8.75. The van der Waals surface area contributed by atoms with Crippen molar-refractivity contribution in [3.05, 3.63) is 66.8 Å². The number of methoxy groups -OCH3 is 3. The van der Waals surface area contributed by atoms with Crippen LogP contribution in [0.15, 0.2) is 66.8 Å². The van der Waals surface area contributed by atoms with E-state index in [2.05, 4.69) is 13.2 Å². The third-order valence-corrected chi connectivity index (χ3v) is 3.21. The molecule has 2 rings (SSSR count). The third-order valence-electron chi connectivity index (χ3n) is 3.21. The van der Waals surface area contributed by atoms with Gasteiger partial charge in [-0.05, 0) is 60.4 Å². The van der Waals surface area contributed by atoms with Gasteiger partial charge >= 0.3 is 0 Å².